The lowest BCUT2D eigenvalue weighted by Crippen LogP contribution is -2.30. The standard InChI is InChI=1S/C79H130O17P2/c1-5-9-13-17-21-25-29-33-35-36-38-41-44-48-52-56-60-64-77(82)90-70-75(96-79(84)66-62-58-54-50-46-42-37-34-30-26-22-18-14-10-6-2)72-94-98(87,88)92-68-73(80)67-91-97(85,86)93-71-74(95-78(83)65-61-57-53-49-45-40-32-28-24-20-16-12-8-4)69-89-76(81)63-59-55-51-47-43-39-31-27-23-19-15-11-7-3/h9-10,13-15,19,21-22,25-27,31,33-35,37-38,41,46,48,50,52,58,62,73-75,80H,5-8,11-12,16-18,20,23-24,28-30,32,36,39-40,42-45,47,49,51,53-57,59-61,63-72H2,1-4H3,(H,85,86)(H,87,88)/b13-9-,14-10-,19-15-,25-21-,26-22-,31-27-,35-33-,37-34-,41-38-,50-46-,52-48-,62-58-. The molecule has 17 nitrogen and oxygen atoms in total. The summed E-state index contributed by atoms with van der Waals surface area (Å²) in [5, 5.41) is 10.6. The first-order chi connectivity index (χ1) is 47.7. The molecular formula is C79H130O17P2. The van der Waals surface area contributed by atoms with E-state index in [1.165, 1.54) is 51.4 Å². The summed E-state index contributed by atoms with van der Waals surface area (Å²) in [6.07, 6.45) is 78.9. The second-order valence-electron chi connectivity index (χ2n) is 24.1. The minimum Gasteiger partial charge on any atom is -0.462 e. The second-order valence-corrected chi connectivity index (χ2v) is 27.0. The highest BCUT2D eigenvalue weighted by molar-refractivity contribution is 7.47. The van der Waals surface area contributed by atoms with Crippen LogP contribution in [0.1, 0.15) is 272 Å². The van der Waals surface area contributed by atoms with Gasteiger partial charge in [-0.15, -0.1) is 0 Å². The minimum absolute atomic E-state index is 0.0591. The van der Waals surface area contributed by atoms with Crippen LogP contribution in [0.2, 0.25) is 0 Å². The van der Waals surface area contributed by atoms with E-state index in [1.54, 1.807) is 12.2 Å². The Morgan fingerprint density at radius 1 is 0.306 bits per heavy atom. The van der Waals surface area contributed by atoms with Gasteiger partial charge in [0.2, 0.25) is 0 Å². The fraction of sp³-hybridized carbons (Fsp3) is 0.646. The molecule has 0 aromatic carbocycles. The van der Waals surface area contributed by atoms with Gasteiger partial charge in [-0.2, -0.15) is 0 Å². The van der Waals surface area contributed by atoms with Gasteiger partial charge in [0, 0.05) is 19.3 Å². The highest BCUT2D eigenvalue weighted by Gasteiger charge is 2.30. The van der Waals surface area contributed by atoms with Crippen LogP contribution in [-0.4, -0.2) is 96.7 Å². The summed E-state index contributed by atoms with van der Waals surface area (Å²) < 4.78 is 68.2. The Bertz CT molecular complexity index is 2430. The number of esters is 4. The molecule has 3 N–H and O–H groups in total. The fourth-order valence-corrected chi connectivity index (χ4v) is 10.8. The normalized spacial score (nSPS) is 14.8. The Morgan fingerprint density at radius 2 is 0.602 bits per heavy atom. The maximum absolute atomic E-state index is 13.1. The number of phosphoric ester groups is 2. The molecule has 0 saturated carbocycles. The smallest absolute Gasteiger partial charge is 0.462 e. The molecule has 0 radical (unpaired) electrons. The van der Waals surface area contributed by atoms with Gasteiger partial charge >= 0.3 is 39.5 Å². The highest BCUT2D eigenvalue weighted by Crippen LogP contribution is 2.45. The van der Waals surface area contributed by atoms with Gasteiger partial charge in [0.15, 0.2) is 12.2 Å². The maximum atomic E-state index is 13.1. The molecule has 558 valence electrons. The van der Waals surface area contributed by atoms with Gasteiger partial charge in [-0.05, 0) is 116 Å². The fourth-order valence-electron chi connectivity index (χ4n) is 9.25. The van der Waals surface area contributed by atoms with E-state index in [-0.39, 0.29) is 25.7 Å². The van der Waals surface area contributed by atoms with Crippen molar-refractivity contribution >= 4 is 39.5 Å². The summed E-state index contributed by atoms with van der Waals surface area (Å²) in [4.78, 5) is 72.7. The zero-order chi connectivity index (χ0) is 71.8. The van der Waals surface area contributed by atoms with E-state index in [2.05, 4.69) is 137 Å². The molecule has 0 heterocycles. The molecule has 0 bridgehead atoms. The molecule has 0 amide bonds. The molecule has 19 heteroatoms. The van der Waals surface area contributed by atoms with Crippen LogP contribution in [0.3, 0.4) is 0 Å². The van der Waals surface area contributed by atoms with Gasteiger partial charge in [0.25, 0.3) is 0 Å². The number of allylic oxidation sites excluding steroid dienone is 23. The van der Waals surface area contributed by atoms with Crippen LogP contribution in [0.25, 0.3) is 0 Å². The van der Waals surface area contributed by atoms with E-state index in [9.17, 15) is 43.2 Å². The van der Waals surface area contributed by atoms with Gasteiger partial charge in [-0.3, -0.25) is 37.3 Å². The number of aliphatic hydroxyl groups excluding tert-OH is 1. The quantitative estimate of drug-likeness (QED) is 0.0169. The summed E-state index contributed by atoms with van der Waals surface area (Å²) in [6, 6.07) is 0. The summed E-state index contributed by atoms with van der Waals surface area (Å²) in [6.45, 7) is 4.36. The zero-order valence-corrected chi connectivity index (χ0v) is 62.4. The van der Waals surface area contributed by atoms with Gasteiger partial charge in [0.1, 0.15) is 19.3 Å². The van der Waals surface area contributed by atoms with Gasteiger partial charge in [-0.25, -0.2) is 9.13 Å². The van der Waals surface area contributed by atoms with Crippen molar-refractivity contribution in [2.45, 2.75) is 290 Å². The SMILES string of the molecule is CC/C=C\C/C=C\C/C=C\C/C=C\C/C=C\CCCC(=O)OCC(COP(=O)(O)OCC(O)COP(=O)(O)OCC(COC(=O)CCCCCCC/C=C\C/C=C\CCC)OC(=O)CCCCCCCCCCCCCCC)OC(=O)C/C=C\C/C=C\C/C=C\C/C=C\C/C=C\CC. The molecule has 5 unspecified atom stereocenters. The van der Waals surface area contributed by atoms with Crippen molar-refractivity contribution in [3.8, 4) is 0 Å². The Hall–Kier alpha value is -5.06. The summed E-state index contributed by atoms with van der Waals surface area (Å²) in [5.74, 6) is -2.41. The summed E-state index contributed by atoms with van der Waals surface area (Å²) in [7, 11) is -10.0. The van der Waals surface area contributed by atoms with Gasteiger partial charge < -0.3 is 33.8 Å². The van der Waals surface area contributed by atoms with Crippen LogP contribution in [0, 0.1) is 0 Å². The van der Waals surface area contributed by atoms with E-state index in [1.807, 2.05) is 24.3 Å². The third kappa shape index (κ3) is 69.4. The zero-order valence-electron chi connectivity index (χ0n) is 60.7. The topological polar surface area (TPSA) is 237 Å². The lowest BCUT2D eigenvalue weighted by molar-refractivity contribution is -0.161. The number of aliphatic hydroxyl groups is 1. The summed E-state index contributed by atoms with van der Waals surface area (Å²) in [5.41, 5.74) is 0. The third-order valence-electron chi connectivity index (χ3n) is 14.8. The molecule has 0 rings (SSSR count). The average Bonchev–Trinajstić information content (AvgIpc) is 1.05. The number of phosphoric acid groups is 2. The number of carbonyl (C=O) groups excluding carboxylic acids is 4. The predicted octanol–water partition coefficient (Wildman–Crippen LogP) is 21.1. The molecule has 0 fully saturated rings. The first-order valence-corrected chi connectivity index (χ1v) is 40.1. The van der Waals surface area contributed by atoms with Gasteiger partial charge in [-0.1, -0.05) is 276 Å². The van der Waals surface area contributed by atoms with Crippen LogP contribution in [0.15, 0.2) is 146 Å². The van der Waals surface area contributed by atoms with E-state index in [4.69, 9.17) is 37.0 Å². The average molecular weight is 1410 g/mol. The van der Waals surface area contributed by atoms with E-state index in [0.29, 0.717) is 32.1 Å². The van der Waals surface area contributed by atoms with Crippen molar-refractivity contribution in [3.05, 3.63) is 146 Å². The molecule has 0 spiro atoms. The Morgan fingerprint density at radius 3 is 0.990 bits per heavy atom. The molecule has 0 aliphatic heterocycles. The molecule has 0 aromatic heterocycles. The monoisotopic (exact) mass is 1410 g/mol. The Labute approximate surface area is 592 Å². The van der Waals surface area contributed by atoms with Crippen molar-refractivity contribution in [3.63, 3.8) is 0 Å². The highest BCUT2D eigenvalue weighted by atomic mass is 31.2. The first kappa shape index (κ1) is 92.9. The minimum atomic E-state index is -5.01. The third-order valence-corrected chi connectivity index (χ3v) is 16.7. The molecule has 5 atom stereocenters. The Balaban J connectivity index is 5.48. The molecule has 0 aromatic rings. The van der Waals surface area contributed by atoms with E-state index in [0.717, 1.165) is 135 Å². The lowest BCUT2D eigenvalue weighted by Gasteiger charge is -2.21. The number of ether oxygens (including phenoxy) is 4. The Kier molecular flexibility index (Phi) is 66.7. The maximum Gasteiger partial charge on any atom is 0.472 e. The van der Waals surface area contributed by atoms with Gasteiger partial charge in [0.05, 0.1) is 32.8 Å². The van der Waals surface area contributed by atoms with Crippen molar-refractivity contribution in [1.82, 2.24) is 0 Å². The largest absolute Gasteiger partial charge is 0.472 e. The van der Waals surface area contributed by atoms with Crippen LogP contribution >= 0.6 is 15.6 Å². The molecular weight excluding hydrogens is 1280 g/mol. The number of hydrogen-bond donors (Lipinski definition) is 3. The van der Waals surface area contributed by atoms with Crippen LogP contribution in [-0.2, 0) is 65.4 Å². The number of carbonyl (C=O) groups is 4. The van der Waals surface area contributed by atoms with Crippen molar-refractivity contribution in [2.24, 2.45) is 0 Å². The van der Waals surface area contributed by atoms with E-state index < -0.39 is 97.5 Å². The first-order valence-electron chi connectivity index (χ1n) is 37.1. The van der Waals surface area contributed by atoms with E-state index >= 15 is 0 Å². The lowest BCUT2D eigenvalue weighted by atomic mass is 10.0. The molecule has 98 heavy (non-hydrogen) atoms. The molecule has 0 saturated heterocycles. The second kappa shape index (κ2) is 70.4. The van der Waals surface area contributed by atoms with Crippen LogP contribution in [0.4, 0.5) is 0 Å². The van der Waals surface area contributed by atoms with Crippen molar-refractivity contribution in [2.75, 3.05) is 39.6 Å². The van der Waals surface area contributed by atoms with Crippen LogP contribution < -0.4 is 0 Å². The summed E-state index contributed by atoms with van der Waals surface area (Å²) >= 11 is 0. The molecule has 0 aliphatic rings. The number of rotatable bonds is 68. The predicted molar refractivity (Wildman–Crippen MR) is 399 cm³/mol. The number of unbranched alkanes of at least 4 members (excludes halogenated alkanes) is 19. The molecule has 0 aliphatic carbocycles. The van der Waals surface area contributed by atoms with Crippen molar-refractivity contribution in [1.29, 1.82) is 0 Å². The van der Waals surface area contributed by atoms with Crippen LogP contribution in [0.5, 0.6) is 0 Å². The number of hydrogen-bond acceptors (Lipinski definition) is 15. The van der Waals surface area contributed by atoms with Crippen molar-refractivity contribution < 1.29 is 80.2 Å².